The summed E-state index contributed by atoms with van der Waals surface area (Å²) in [7, 11) is 0. The molecule has 0 fully saturated rings. The van der Waals surface area contributed by atoms with Gasteiger partial charge in [-0.15, -0.1) is 0 Å². The van der Waals surface area contributed by atoms with E-state index in [2.05, 4.69) is 13.8 Å². The molecule has 0 spiro atoms. The second kappa shape index (κ2) is 42.8. The first kappa shape index (κ1) is 52.2. The summed E-state index contributed by atoms with van der Waals surface area (Å²) in [6.07, 6.45) is 52.3. The Balaban J connectivity index is 1.88. The molecule has 0 aliphatic carbocycles. The lowest BCUT2D eigenvalue weighted by Gasteiger charge is -2.08. The van der Waals surface area contributed by atoms with E-state index in [0.717, 1.165) is 36.8 Å². The first-order chi connectivity index (χ1) is 27.7. The SMILES string of the molecule is CCCCCCCCCCCCCCCCCCCCCC(=O)OCc1cccc(COC(=O)CCCCCCCCCCCCCCCCCCCCC)c1. The van der Waals surface area contributed by atoms with Crippen LogP contribution < -0.4 is 0 Å². The third kappa shape index (κ3) is 37.7. The van der Waals surface area contributed by atoms with Crippen LogP contribution in [0, 0.1) is 0 Å². The molecule has 0 saturated heterocycles. The summed E-state index contributed by atoms with van der Waals surface area (Å²) in [5.74, 6) is -0.234. The van der Waals surface area contributed by atoms with Crippen LogP contribution in [-0.2, 0) is 32.3 Å². The van der Waals surface area contributed by atoms with Gasteiger partial charge < -0.3 is 9.47 Å². The van der Waals surface area contributed by atoms with Gasteiger partial charge in [0.15, 0.2) is 0 Å². The van der Waals surface area contributed by atoms with Crippen molar-refractivity contribution < 1.29 is 19.1 Å². The Bertz CT molecular complexity index is 900. The molecule has 1 aromatic carbocycles. The van der Waals surface area contributed by atoms with E-state index in [1.54, 1.807) is 0 Å². The summed E-state index contributed by atoms with van der Waals surface area (Å²) in [6.45, 7) is 5.13. The molecule has 56 heavy (non-hydrogen) atoms. The summed E-state index contributed by atoms with van der Waals surface area (Å²) in [5.41, 5.74) is 1.89. The minimum Gasteiger partial charge on any atom is -0.461 e. The first-order valence-corrected chi connectivity index (χ1v) is 25.0. The lowest BCUT2D eigenvalue weighted by Crippen LogP contribution is -2.06. The summed E-state index contributed by atoms with van der Waals surface area (Å²) in [5, 5.41) is 0. The smallest absolute Gasteiger partial charge is 0.306 e. The average Bonchev–Trinajstić information content (AvgIpc) is 3.21. The summed E-state index contributed by atoms with van der Waals surface area (Å²) in [6, 6.07) is 7.86. The number of carbonyl (C=O) groups excluding carboxylic acids is 2. The van der Waals surface area contributed by atoms with Crippen molar-refractivity contribution in [1.82, 2.24) is 0 Å². The van der Waals surface area contributed by atoms with E-state index >= 15 is 0 Å². The molecule has 4 heteroatoms. The number of ether oxygens (including phenoxy) is 2. The maximum atomic E-state index is 12.3. The van der Waals surface area contributed by atoms with Gasteiger partial charge in [-0.3, -0.25) is 9.59 Å². The van der Waals surface area contributed by atoms with Gasteiger partial charge in [0.05, 0.1) is 0 Å². The van der Waals surface area contributed by atoms with Crippen LogP contribution in [0.5, 0.6) is 0 Å². The second-order valence-corrected chi connectivity index (χ2v) is 17.4. The van der Waals surface area contributed by atoms with Gasteiger partial charge in [-0.2, -0.15) is 0 Å². The highest BCUT2D eigenvalue weighted by Gasteiger charge is 2.07. The molecule has 0 bridgehead atoms. The van der Waals surface area contributed by atoms with E-state index in [1.165, 1.54) is 218 Å². The maximum absolute atomic E-state index is 12.3. The van der Waals surface area contributed by atoms with Crippen molar-refractivity contribution in [2.75, 3.05) is 0 Å². The topological polar surface area (TPSA) is 52.6 Å². The molecule has 0 saturated carbocycles. The highest BCUT2D eigenvalue weighted by Crippen LogP contribution is 2.17. The molecule has 0 atom stereocenters. The highest BCUT2D eigenvalue weighted by molar-refractivity contribution is 5.69. The zero-order valence-electron chi connectivity index (χ0n) is 37.6. The predicted molar refractivity (Wildman–Crippen MR) is 242 cm³/mol. The van der Waals surface area contributed by atoms with E-state index in [4.69, 9.17) is 9.47 Å². The normalized spacial score (nSPS) is 11.3. The molecule has 0 aliphatic heterocycles. The minimum absolute atomic E-state index is 0.117. The van der Waals surface area contributed by atoms with Crippen molar-refractivity contribution in [2.45, 2.75) is 284 Å². The van der Waals surface area contributed by atoms with Crippen LogP contribution in [0.1, 0.15) is 282 Å². The van der Waals surface area contributed by atoms with E-state index in [-0.39, 0.29) is 25.2 Å². The van der Waals surface area contributed by atoms with E-state index < -0.39 is 0 Å². The molecular formula is C52H94O4. The van der Waals surface area contributed by atoms with Crippen molar-refractivity contribution in [1.29, 1.82) is 0 Å². The highest BCUT2D eigenvalue weighted by atomic mass is 16.5. The number of hydrogen-bond acceptors (Lipinski definition) is 4. The van der Waals surface area contributed by atoms with E-state index in [1.807, 2.05) is 24.3 Å². The molecule has 0 N–H and O–H groups in total. The lowest BCUT2D eigenvalue weighted by atomic mass is 10.0. The Morgan fingerprint density at radius 3 is 0.786 bits per heavy atom. The number of carbonyl (C=O) groups is 2. The number of benzene rings is 1. The zero-order valence-corrected chi connectivity index (χ0v) is 37.6. The Kier molecular flexibility index (Phi) is 39.8. The molecule has 0 heterocycles. The first-order valence-electron chi connectivity index (χ1n) is 25.0. The third-order valence-corrected chi connectivity index (χ3v) is 11.8. The van der Waals surface area contributed by atoms with Crippen molar-refractivity contribution >= 4 is 11.9 Å². The minimum atomic E-state index is -0.117. The quantitative estimate of drug-likeness (QED) is 0.0489. The Labute approximate surface area is 349 Å². The van der Waals surface area contributed by atoms with Crippen molar-refractivity contribution in [3.05, 3.63) is 35.4 Å². The Hall–Kier alpha value is -1.84. The van der Waals surface area contributed by atoms with Gasteiger partial charge in [-0.05, 0) is 30.0 Å². The molecule has 0 aromatic heterocycles. The average molecular weight is 783 g/mol. The Morgan fingerprint density at radius 2 is 0.554 bits per heavy atom. The molecule has 1 rings (SSSR count). The van der Waals surface area contributed by atoms with Crippen LogP contribution in [0.4, 0.5) is 0 Å². The van der Waals surface area contributed by atoms with Gasteiger partial charge in [-0.25, -0.2) is 0 Å². The lowest BCUT2D eigenvalue weighted by molar-refractivity contribution is -0.145. The van der Waals surface area contributed by atoms with Crippen molar-refractivity contribution in [3.8, 4) is 0 Å². The molecule has 4 nitrogen and oxygen atoms in total. The molecule has 1 aromatic rings. The molecule has 326 valence electrons. The van der Waals surface area contributed by atoms with Gasteiger partial charge in [0.1, 0.15) is 13.2 Å². The van der Waals surface area contributed by atoms with Crippen LogP contribution in [-0.4, -0.2) is 11.9 Å². The third-order valence-electron chi connectivity index (χ3n) is 11.8. The van der Waals surface area contributed by atoms with Crippen LogP contribution in [0.3, 0.4) is 0 Å². The maximum Gasteiger partial charge on any atom is 0.306 e. The molecule has 0 radical (unpaired) electrons. The fraction of sp³-hybridized carbons (Fsp3) is 0.846. The molecule has 0 unspecified atom stereocenters. The van der Waals surface area contributed by atoms with Gasteiger partial charge in [0, 0.05) is 12.8 Å². The number of hydrogen-bond donors (Lipinski definition) is 0. The second-order valence-electron chi connectivity index (χ2n) is 17.4. The van der Waals surface area contributed by atoms with Gasteiger partial charge in [0.2, 0.25) is 0 Å². The van der Waals surface area contributed by atoms with E-state index in [9.17, 15) is 9.59 Å². The molecule has 0 aliphatic rings. The number of rotatable bonds is 44. The predicted octanol–water partition coefficient (Wildman–Crippen LogP) is 17.4. The Morgan fingerprint density at radius 1 is 0.339 bits per heavy atom. The van der Waals surface area contributed by atoms with Gasteiger partial charge in [0.25, 0.3) is 0 Å². The molecule has 0 amide bonds. The van der Waals surface area contributed by atoms with Crippen LogP contribution in [0.25, 0.3) is 0 Å². The van der Waals surface area contributed by atoms with Gasteiger partial charge >= 0.3 is 11.9 Å². The van der Waals surface area contributed by atoms with E-state index in [0.29, 0.717) is 12.8 Å². The van der Waals surface area contributed by atoms with Crippen LogP contribution in [0.2, 0.25) is 0 Å². The summed E-state index contributed by atoms with van der Waals surface area (Å²) >= 11 is 0. The van der Waals surface area contributed by atoms with Gasteiger partial charge in [-0.1, -0.05) is 263 Å². The van der Waals surface area contributed by atoms with Crippen molar-refractivity contribution in [2.24, 2.45) is 0 Å². The fourth-order valence-corrected chi connectivity index (χ4v) is 7.98. The fourth-order valence-electron chi connectivity index (χ4n) is 7.98. The summed E-state index contributed by atoms with van der Waals surface area (Å²) in [4.78, 5) is 24.6. The van der Waals surface area contributed by atoms with Crippen LogP contribution >= 0.6 is 0 Å². The number of esters is 2. The summed E-state index contributed by atoms with van der Waals surface area (Å²) < 4.78 is 11.1. The van der Waals surface area contributed by atoms with Crippen LogP contribution in [0.15, 0.2) is 24.3 Å². The number of unbranched alkanes of at least 4 members (excludes halogenated alkanes) is 36. The molecular weight excluding hydrogens is 689 g/mol. The van der Waals surface area contributed by atoms with Crippen molar-refractivity contribution in [3.63, 3.8) is 0 Å². The standard InChI is InChI=1S/C52H94O4/c1-3-5-7-9-11-13-15-17-19-21-23-25-27-29-31-33-35-37-39-44-51(53)55-47-49-42-41-43-50(46-49)48-56-52(54)45-40-38-36-34-32-30-28-26-24-22-20-18-16-14-12-10-8-6-4-2/h41-43,46H,3-40,44-45,47-48H2,1-2H3. The zero-order chi connectivity index (χ0) is 40.3. The largest absolute Gasteiger partial charge is 0.461 e. The monoisotopic (exact) mass is 783 g/mol.